The summed E-state index contributed by atoms with van der Waals surface area (Å²) in [4.78, 5) is 54.2. The first-order valence-corrected chi connectivity index (χ1v) is 28.1. The summed E-state index contributed by atoms with van der Waals surface area (Å²) >= 11 is 0. The summed E-state index contributed by atoms with van der Waals surface area (Å²) in [5.41, 5.74) is 7.91. The lowest BCUT2D eigenvalue weighted by Gasteiger charge is -2.21. The van der Waals surface area contributed by atoms with Gasteiger partial charge in [0.1, 0.15) is 41.3 Å². The molecule has 0 saturated carbocycles. The minimum Gasteiger partial charge on any atom is -0.455 e. The molecule has 3 aliphatic heterocycles. The van der Waals surface area contributed by atoms with E-state index in [1.807, 2.05) is 109 Å². The molecule has 0 aliphatic carbocycles. The maximum absolute atomic E-state index is 12.9. The molecule has 5 aromatic heterocycles. The highest BCUT2D eigenvalue weighted by Gasteiger charge is 2.28. The number of imidazole rings is 1. The fraction of sp³-hybridized carbons (Fsp3) is 0.164. The zero-order valence-electron chi connectivity index (χ0n) is 45.3. The molecule has 14 rings (SSSR count). The van der Waals surface area contributed by atoms with E-state index in [4.69, 9.17) is 23.7 Å². The first-order valence-electron chi connectivity index (χ1n) is 26.6. The van der Waals surface area contributed by atoms with Crippen molar-refractivity contribution in [2.75, 3.05) is 13.6 Å². The number of rotatable bonds is 13. The molecule has 0 bridgehead atoms. The van der Waals surface area contributed by atoms with Gasteiger partial charge in [-0.05, 0) is 85.1 Å². The molecule has 6 aromatic carbocycles. The SMILES string of the molecule is C=C1Oc2ccc(S(=O)(=O)NCc3ccc4c(c3)OCO4)cc2-c2c1ncn2CC.Cc1ccc(CNC(=O)Cn2c3ccccc3c3cn[nH]c(=O)c32)cc1.O=C(Cn1c2ccccc2c2cn[nH]c(=O)c21)NCc1ccc2c(c1)OCO2. The van der Waals surface area contributed by atoms with Crippen molar-refractivity contribution in [1.29, 1.82) is 0 Å². The van der Waals surface area contributed by atoms with Crippen molar-refractivity contribution in [2.24, 2.45) is 0 Å². The Morgan fingerprint density at radius 1 is 0.619 bits per heavy atom. The fourth-order valence-corrected chi connectivity index (χ4v) is 11.3. The van der Waals surface area contributed by atoms with Crippen LogP contribution in [-0.2, 0) is 58.9 Å². The number of para-hydroxylation sites is 2. The molecular weight excluding hydrogens is 1090 g/mol. The Kier molecular flexibility index (Phi) is 14.7. The number of aromatic amines is 2. The largest absolute Gasteiger partial charge is 0.455 e. The number of aromatic nitrogens is 8. The Morgan fingerprint density at radius 2 is 1.13 bits per heavy atom. The topological polar surface area (TPSA) is 270 Å². The molecule has 0 fully saturated rings. The monoisotopic (exact) mass is 1150 g/mol. The van der Waals surface area contributed by atoms with Gasteiger partial charge >= 0.3 is 0 Å². The fourth-order valence-electron chi connectivity index (χ4n) is 10.3. The molecule has 0 radical (unpaired) electrons. The van der Waals surface area contributed by atoms with Crippen molar-refractivity contribution < 1.29 is 41.7 Å². The number of hydrogen-bond acceptors (Lipinski definition) is 14. The maximum Gasteiger partial charge on any atom is 0.288 e. The summed E-state index contributed by atoms with van der Waals surface area (Å²) in [5, 5.41) is 21.8. The van der Waals surface area contributed by atoms with Crippen molar-refractivity contribution in [2.45, 2.75) is 58.0 Å². The summed E-state index contributed by atoms with van der Waals surface area (Å²) in [5.74, 6) is 3.29. The molecule has 424 valence electrons. The van der Waals surface area contributed by atoms with Crippen LogP contribution in [0.25, 0.3) is 60.6 Å². The Balaban J connectivity index is 0.000000124. The summed E-state index contributed by atoms with van der Waals surface area (Å²) in [6, 6.07) is 38.9. The van der Waals surface area contributed by atoms with Gasteiger partial charge in [-0.3, -0.25) is 19.2 Å². The van der Waals surface area contributed by atoms with Crippen LogP contribution in [0.15, 0.2) is 167 Å². The van der Waals surface area contributed by atoms with Crippen LogP contribution >= 0.6 is 0 Å². The lowest BCUT2D eigenvalue weighted by molar-refractivity contribution is -0.122. The zero-order valence-corrected chi connectivity index (χ0v) is 46.1. The van der Waals surface area contributed by atoms with Crippen molar-refractivity contribution in [1.82, 2.24) is 54.4 Å². The smallest absolute Gasteiger partial charge is 0.288 e. The minimum absolute atomic E-state index is 0.0294. The molecule has 5 N–H and O–H groups in total. The van der Waals surface area contributed by atoms with E-state index in [0.717, 1.165) is 55.0 Å². The predicted molar refractivity (Wildman–Crippen MR) is 313 cm³/mol. The first-order chi connectivity index (χ1) is 40.8. The van der Waals surface area contributed by atoms with Gasteiger partial charge < -0.3 is 48.0 Å². The Hall–Kier alpha value is -10.5. The number of sulfonamides is 1. The van der Waals surface area contributed by atoms with Gasteiger partial charge in [-0.15, -0.1) is 0 Å². The lowest BCUT2D eigenvalue weighted by Crippen LogP contribution is -2.28. The molecule has 84 heavy (non-hydrogen) atoms. The third-order valence-corrected chi connectivity index (χ3v) is 15.8. The van der Waals surface area contributed by atoms with Gasteiger partial charge in [0.25, 0.3) is 11.1 Å². The van der Waals surface area contributed by atoms with Crippen LogP contribution < -0.4 is 50.2 Å². The third-order valence-electron chi connectivity index (χ3n) is 14.4. The van der Waals surface area contributed by atoms with Gasteiger partial charge in [0.15, 0.2) is 23.0 Å². The second-order valence-corrected chi connectivity index (χ2v) is 21.5. The van der Waals surface area contributed by atoms with Crippen LogP contribution in [-0.4, -0.2) is 72.9 Å². The standard InChI is InChI=1S/C21H19N3O5S.C20H16N4O4.C20H18N4O2/c1-3-24-11-22-20-13(2)29-17-7-5-15(9-16(17)21(20)24)30(25,26)23-10-14-4-6-18-19(8-14)28-12-27-18;25-18(21-8-12-5-6-16-17(7-12)28-11-27-16)10-24-15-4-2-1-3-13(15)14-9-22-23-20(26)19(14)24;1-13-6-8-14(9-7-13)10-21-18(25)12-24-17-5-3-2-4-15(17)16-11-22-23-20(26)19(16)24/h4-9,11,23H,2-3,10,12H2,1H3;1-7,9H,8,10-11H2,(H,21,25)(H,23,26);2-9,11H,10,12H2,1H3,(H,21,25)(H,23,26). The van der Waals surface area contributed by atoms with E-state index >= 15 is 0 Å². The van der Waals surface area contributed by atoms with Crippen LogP contribution in [0.3, 0.4) is 0 Å². The van der Waals surface area contributed by atoms with E-state index in [1.54, 1.807) is 58.2 Å². The van der Waals surface area contributed by atoms with E-state index in [1.165, 1.54) is 11.6 Å². The highest BCUT2D eigenvalue weighted by Crippen LogP contribution is 2.42. The summed E-state index contributed by atoms with van der Waals surface area (Å²) in [7, 11) is -3.75. The molecule has 0 unspecified atom stereocenters. The zero-order chi connectivity index (χ0) is 58.1. The summed E-state index contributed by atoms with van der Waals surface area (Å²) in [6.45, 7) is 10.0. The molecule has 11 aromatic rings. The number of fused-ring (bicyclic) bond motifs is 11. The van der Waals surface area contributed by atoms with Gasteiger partial charge in [-0.25, -0.2) is 28.3 Å². The molecule has 3 aliphatic rings. The quantitative estimate of drug-likeness (QED) is 0.0746. The number of hydrogen-bond donors (Lipinski definition) is 5. The molecule has 8 heterocycles. The molecule has 0 spiro atoms. The van der Waals surface area contributed by atoms with E-state index in [2.05, 4.69) is 47.3 Å². The van der Waals surface area contributed by atoms with Crippen LogP contribution in [0.4, 0.5) is 0 Å². The van der Waals surface area contributed by atoms with E-state index < -0.39 is 10.0 Å². The summed E-state index contributed by atoms with van der Waals surface area (Å²) < 4.78 is 61.0. The third kappa shape index (κ3) is 10.8. The van der Waals surface area contributed by atoms with Crippen molar-refractivity contribution in [3.8, 4) is 40.0 Å². The number of aryl methyl sites for hydroxylation is 2. The second-order valence-electron chi connectivity index (χ2n) is 19.8. The predicted octanol–water partition coefficient (Wildman–Crippen LogP) is 7.57. The number of carbonyl (C=O) groups excluding carboxylic acids is 2. The normalized spacial score (nSPS) is 12.7. The molecular formula is C61H53N11O11S. The molecule has 23 heteroatoms. The van der Waals surface area contributed by atoms with Gasteiger partial charge in [0, 0.05) is 64.3 Å². The number of benzene rings is 6. The van der Waals surface area contributed by atoms with Gasteiger partial charge in [0.2, 0.25) is 35.4 Å². The van der Waals surface area contributed by atoms with Gasteiger partial charge in [-0.1, -0.05) is 84.9 Å². The number of nitrogens with one attached hydrogen (secondary N) is 5. The van der Waals surface area contributed by atoms with Crippen LogP contribution in [0, 0.1) is 6.92 Å². The average molecular weight is 1150 g/mol. The van der Waals surface area contributed by atoms with E-state index in [9.17, 15) is 27.6 Å². The minimum atomic E-state index is -3.75. The van der Waals surface area contributed by atoms with E-state index in [0.29, 0.717) is 76.4 Å². The van der Waals surface area contributed by atoms with Crippen LogP contribution in [0.2, 0.25) is 0 Å². The number of H-pyrrole nitrogens is 2. The number of carbonyl (C=O) groups is 2. The van der Waals surface area contributed by atoms with Crippen molar-refractivity contribution >= 4 is 71.2 Å². The van der Waals surface area contributed by atoms with Crippen molar-refractivity contribution in [3.63, 3.8) is 0 Å². The van der Waals surface area contributed by atoms with Gasteiger partial charge in [0.05, 0.1) is 29.3 Å². The average Bonchev–Trinajstić information content (AvgIpc) is 4.06. The van der Waals surface area contributed by atoms with Crippen LogP contribution in [0.1, 0.15) is 34.9 Å². The number of nitrogens with zero attached hydrogens (tertiary/aromatic N) is 6. The van der Waals surface area contributed by atoms with Gasteiger partial charge in [-0.2, -0.15) is 10.2 Å². The molecule has 0 saturated heterocycles. The highest BCUT2D eigenvalue weighted by molar-refractivity contribution is 7.89. The van der Waals surface area contributed by atoms with Crippen molar-refractivity contribution in [3.05, 3.63) is 201 Å². The Bertz CT molecular complexity index is 4640. The first kappa shape index (κ1) is 54.1. The Labute approximate surface area is 478 Å². The van der Waals surface area contributed by atoms with E-state index in [-0.39, 0.29) is 61.0 Å². The molecule has 22 nitrogen and oxygen atoms in total. The lowest BCUT2D eigenvalue weighted by atomic mass is 10.1. The Morgan fingerprint density at radius 3 is 1.70 bits per heavy atom. The van der Waals surface area contributed by atoms with Crippen LogP contribution in [0.5, 0.6) is 28.7 Å². The summed E-state index contributed by atoms with van der Waals surface area (Å²) in [6.07, 6.45) is 4.94. The maximum atomic E-state index is 12.9. The molecule has 0 atom stereocenters. The number of ether oxygens (including phenoxy) is 5. The second kappa shape index (κ2) is 22.8. The number of amides is 2. The molecule has 2 amide bonds. The highest BCUT2D eigenvalue weighted by atomic mass is 32.2.